The molecule has 0 saturated heterocycles. The molecule has 0 heterocycles. The van der Waals surface area contributed by atoms with Crippen LogP contribution in [0.2, 0.25) is 0 Å². The normalized spacial score (nSPS) is 12.1. The third kappa shape index (κ3) is 6.30. The third-order valence-corrected chi connectivity index (χ3v) is 3.15. The number of unbranched alkanes of at least 4 members (excludes halogenated alkanes) is 2. The Labute approximate surface area is 117 Å². The lowest BCUT2D eigenvalue weighted by molar-refractivity contribution is -0.137. The molecule has 0 amide bonds. The van der Waals surface area contributed by atoms with Crippen LogP contribution < -0.4 is 0 Å². The Morgan fingerprint density at radius 1 is 1.16 bits per heavy atom. The van der Waals surface area contributed by atoms with E-state index in [1.165, 1.54) is 12.1 Å². The van der Waals surface area contributed by atoms with Gasteiger partial charge >= 0.3 is 6.18 Å². The van der Waals surface area contributed by atoms with Gasteiger partial charge in [0.05, 0.1) is 5.56 Å². The monoisotopic (exact) mass is 293 g/mol. The first-order valence-electron chi connectivity index (χ1n) is 6.34. The van der Waals surface area contributed by atoms with E-state index >= 15 is 0 Å². The number of halogens is 4. The van der Waals surface area contributed by atoms with Crippen LogP contribution in [-0.4, -0.2) is 24.4 Å². The third-order valence-electron chi connectivity index (χ3n) is 2.88. The summed E-state index contributed by atoms with van der Waals surface area (Å²) in [6.07, 6.45) is -1.22. The van der Waals surface area contributed by atoms with Crippen LogP contribution in [0.25, 0.3) is 0 Å². The van der Waals surface area contributed by atoms with Gasteiger partial charge in [0.1, 0.15) is 0 Å². The Morgan fingerprint density at radius 3 is 2.53 bits per heavy atom. The molecule has 0 aliphatic heterocycles. The van der Waals surface area contributed by atoms with Gasteiger partial charge in [-0.15, -0.1) is 11.6 Å². The van der Waals surface area contributed by atoms with E-state index in [9.17, 15) is 13.2 Å². The maximum atomic E-state index is 12.6. The first kappa shape index (κ1) is 16.3. The van der Waals surface area contributed by atoms with Gasteiger partial charge in [0.15, 0.2) is 0 Å². The first-order chi connectivity index (χ1) is 8.93. The van der Waals surface area contributed by atoms with Gasteiger partial charge in [-0.2, -0.15) is 13.2 Å². The summed E-state index contributed by atoms with van der Waals surface area (Å²) in [4.78, 5) is 2.03. The molecule has 0 saturated carbocycles. The average molecular weight is 294 g/mol. The van der Waals surface area contributed by atoms with Gasteiger partial charge in [-0.25, -0.2) is 0 Å². The molecule has 0 radical (unpaired) electrons. The van der Waals surface area contributed by atoms with E-state index in [4.69, 9.17) is 11.6 Å². The van der Waals surface area contributed by atoms with E-state index in [1.54, 1.807) is 6.07 Å². The molecule has 0 N–H and O–H groups in total. The molecule has 5 heteroatoms. The van der Waals surface area contributed by atoms with E-state index in [0.29, 0.717) is 18.0 Å². The second-order valence-corrected chi connectivity index (χ2v) is 5.06. The molecule has 0 aliphatic carbocycles. The van der Waals surface area contributed by atoms with Crippen LogP contribution in [-0.2, 0) is 12.7 Å². The van der Waals surface area contributed by atoms with Crippen molar-refractivity contribution in [2.75, 3.05) is 19.5 Å². The zero-order valence-electron chi connectivity index (χ0n) is 11.0. The molecule has 0 bridgehead atoms. The number of alkyl halides is 4. The summed E-state index contributed by atoms with van der Waals surface area (Å²) in [5.41, 5.74) is 0.107. The largest absolute Gasteiger partial charge is 0.416 e. The van der Waals surface area contributed by atoms with Crippen LogP contribution in [0.3, 0.4) is 0 Å². The van der Waals surface area contributed by atoms with Crippen molar-refractivity contribution in [1.82, 2.24) is 4.90 Å². The Hall–Kier alpha value is -0.740. The summed E-state index contributed by atoms with van der Waals surface area (Å²) in [7, 11) is 1.92. The number of benzene rings is 1. The van der Waals surface area contributed by atoms with Gasteiger partial charge in [-0.1, -0.05) is 24.6 Å². The number of hydrogen-bond acceptors (Lipinski definition) is 1. The molecule has 1 rings (SSSR count). The summed E-state index contributed by atoms with van der Waals surface area (Å²) in [6, 6.07) is 5.50. The molecule has 0 atom stereocenters. The van der Waals surface area contributed by atoms with Gasteiger partial charge in [-0.3, -0.25) is 0 Å². The zero-order chi connectivity index (χ0) is 14.3. The van der Waals surface area contributed by atoms with E-state index in [-0.39, 0.29) is 0 Å². The van der Waals surface area contributed by atoms with E-state index in [0.717, 1.165) is 31.9 Å². The van der Waals surface area contributed by atoms with Crippen molar-refractivity contribution in [3.63, 3.8) is 0 Å². The van der Waals surface area contributed by atoms with Gasteiger partial charge < -0.3 is 4.90 Å². The highest BCUT2D eigenvalue weighted by molar-refractivity contribution is 6.17. The maximum absolute atomic E-state index is 12.6. The predicted octanol–water partition coefficient (Wildman–Crippen LogP) is 4.55. The molecule has 0 fully saturated rings. The van der Waals surface area contributed by atoms with Gasteiger partial charge in [0, 0.05) is 12.4 Å². The quantitative estimate of drug-likeness (QED) is 0.527. The summed E-state index contributed by atoms with van der Waals surface area (Å²) >= 11 is 5.59. The van der Waals surface area contributed by atoms with Crippen LogP contribution in [0, 0.1) is 0 Å². The summed E-state index contributed by atoms with van der Waals surface area (Å²) in [5.74, 6) is 0.664. The van der Waals surface area contributed by atoms with Crippen molar-refractivity contribution in [3.8, 4) is 0 Å². The fourth-order valence-electron chi connectivity index (χ4n) is 1.89. The molecular formula is C14H19ClF3N. The molecule has 0 spiro atoms. The highest BCUT2D eigenvalue weighted by Gasteiger charge is 2.30. The van der Waals surface area contributed by atoms with Crippen molar-refractivity contribution < 1.29 is 13.2 Å². The van der Waals surface area contributed by atoms with Crippen molar-refractivity contribution in [1.29, 1.82) is 0 Å². The summed E-state index contributed by atoms with van der Waals surface area (Å²) in [6.45, 7) is 1.40. The van der Waals surface area contributed by atoms with Crippen LogP contribution in [0.15, 0.2) is 24.3 Å². The van der Waals surface area contributed by atoms with Gasteiger partial charge in [0.2, 0.25) is 0 Å². The fraction of sp³-hybridized carbons (Fsp3) is 0.571. The molecule has 19 heavy (non-hydrogen) atoms. The van der Waals surface area contributed by atoms with Crippen LogP contribution >= 0.6 is 11.6 Å². The Morgan fingerprint density at radius 2 is 1.89 bits per heavy atom. The van der Waals surface area contributed by atoms with Crippen LogP contribution in [0.5, 0.6) is 0 Å². The van der Waals surface area contributed by atoms with Gasteiger partial charge in [0.25, 0.3) is 0 Å². The van der Waals surface area contributed by atoms with Crippen molar-refractivity contribution in [2.45, 2.75) is 32.0 Å². The number of hydrogen-bond donors (Lipinski definition) is 0. The minimum absolute atomic E-state index is 0.533. The molecule has 0 unspecified atom stereocenters. The minimum Gasteiger partial charge on any atom is -0.302 e. The number of nitrogens with zero attached hydrogens (tertiary/aromatic N) is 1. The number of rotatable bonds is 7. The smallest absolute Gasteiger partial charge is 0.302 e. The summed E-state index contributed by atoms with van der Waals surface area (Å²) < 4.78 is 37.7. The van der Waals surface area contributed by atoms with Gasteiger partial charge in [-0.05, 0) is 38.1 Å². The molecule has 1 aromatic carbocycles. The Balaban J connectivity index is 2.48. The van der Waals surface area contributed by atoms with Crippen molar-refractivity contribution in [3.05, 3.63) is 35.4 Å². The average Bonchev–Trinajstić information content (AvgIpc) is 2.34. The van der Waals surface area contributed by atoms with E-state index < -0.39 is 11.7 Å². The predicted molar refractivity (Wildman–Crippen MR) is 72.3 cm³/mol. The lowest BCUT2D eigenvalue weighted by Gasteiger charge is -2.17. The zero-order valence-corrected chi connectivity index (χ0v) is 11.8. The fourth-order valence-corrected chi connectivity index (χ4v) is 2.08. The van der Waals surface area contributed by atoms with E-state index in [1.807, 2.05) is 11.9 Å². The Kier molecular flexibility index (Phi) is 6.66. The van der Waals surface area contributed by atoms with Crippen LogP contribution in [0.1, 0.15) is 30.4 Å². The topological polar surface area (TPSA) is 3.24 Å². The SMILES string of the molecule is CN(CCCCCCl)Cc1cccc(C(F)(F)F)c1. The molecular weight excluding hydrogens is 275 g/mol. The van der Waals surface area contributed by atoms with Crippen LogP contribution in [0.4, 0.5) is 13.2 Å². The van der Waals surface area contributed by atoms with Crippen molar-refractivity contribution >= 4 is 11.6 Å². The molecule has 108 valence electrons. The maximum Gasteiger partial charge on any atom is 0.416 e. The minimum atomic E-state index is -4.27. The van der Waals surface area contributed by atoms with E-state index in [2.05, 4.69) is 0 Å². The van der Waals surface area contributed by atoms with Crippen molar-refractivity contribution in [2.24, 2.45) is 0 Å². The lowest BCUT2D eigenvalue weighted by Crippen LogP contribution is -2.19. The highest BCUT2D eigenvalue weighted by atomic mass is 35.5. The molecule has 1 aromatic rings. The standard InChI is InChI=1S/C14H19ClF3N/c1-19(9-4-2-3-8-15)11-12-6-5-7-13(10-12)14(16,17)18/h5-7,10H,2-4,8-9,11H2,1H3. The highest BCUT2D eigenvalue weighted by Crippen LogP contribution is 2.29. The lowest BCUT2D eigenvalue weighted by atomic mass is 10.1. The second kappa shape index (κ2) is 7.75. The Bertz CT molecular complexity index is 379. The molecule has 1 nitrogen and oxygen atoms in total. The summed E-state index contributed by atoms with van der Waals surface area (Å²) in [5, 5.41) is 0. The molecule has 0 aliphatic rings. The molecule has 0 aromatic heterocycles. The first-order valence-corrected chi connectivity index (χ1v) is 6.87. The second-order valence-electron chi connectivity index (χ2n) is 4.69.